The third-order valence-corrected chi connectivity index (χ3v) is 3.21. The normalized spacial score (nSPS) is 12.6. The number of aromatic amines is 1. The van der Waals surface area contributed by atoms with Crippen molar-refractivity contribution < 1.29 is 0 Å². The summed E-state index contributed by atoms with van der Waals surface area (Å²) in [6.45, 7) is 3.92. The third kappa shape index (κ3) is 3.04. The number of aromatic nitrogens is 4. The summed E-state index contributed by atoms with van der Waals surface area (Å²) in [7, 11) is 0. The Morgan fingerprint density at radius 2 is 2.29 bits per heavy atom. The van der Waals surface area contributed by atoms with Crippen LogP contribution in [0.1, 0.15) is 30.9 Å². The van der Waals surface area contributed by atoms with Crippen LogP contribution in [0.25, 0.3) is 0 Å². The van der Waals surface area contributed by atoms with Crippen molar-refractivity contribution in [3.05, 3.63) is 29.8 Å². The number of rotatable bonds is 4. The maximum Gasteiger partial charge on any atom is 0.213 e. The fourth-order valence-electron chi connectivity index (χ4n) is 1.35. The largest absolute Gasteiger partial charge is 0.323 e. The molecule has 6 heteroatoms. The van der Waals surface area contributed by atoms with Crippen LogP contribution >= 0.6 is 11.8 Å². The summed E-state index contributed by atoms with van der Waals surface area (Å²) in [6, 6.07) is 3.96. The van der Waals surface area contributed by atoms with Gasteiger partial charge in [-0.15, -0.1) is 5.10 Å². The van der Waals surface area contributed by atoms with Gasteiger partial charge in [0.05, 0.1) is 5.69 Å². The zero-order chi connectivity index (χ0) is 12.3. The summed E-state index contributed by atoms with van der Waals surface area (Å²) in [5.41, 5.74) is 6.82. The van der Waals surface area contributed by atoms with Gasteiger partial charge in [0.25, 0.3) is 0 Å². The fraction of sp³-hybridized carbons (Fsp3) is 0.364. The van der Waals surface area contributed by atoms with Gasteiger partial charge in [-0.2, -0.15) is 0 Å². The van der Waals surface area contributed by atoms with E-state index in [2.05, 4.69) is 20.2 Å². The van der Waals surface area contributed by atoms with Gasteiger partial charge in [0.2, 0.25) is 5.16 Å². The van der Waals surface area contributed by atoms with Crippen molar-refractivity contribution in [1.82, 2.24) is 20.2 Å². The zero-order valence-electron chi connectivity index (χ0n) is 9.84. The van der Waals surface area contributed by atoms with E-state index in [1.165, 1.54) is 11.8 Å². The molecule has 0 bridgehead atoms. The molecule has 1 atom stereocenters. The smallest absolute Gasteiger partial charge is 0.213 e. The van der Waals surface area contributed by atoms with Crippen molar-refractivity contribution in [3.63, 3.8) is 0 Å². The van der Waals surface area contributed by atoms with E-state index in [0.717, 1.165) is 22.8 Å². The topological polar surface area (TPSA) is 80.5 Å². The number of nitrogens with one attached hydrogen (secondary N) is 1. The van der Waals surface area contributed by atoms with Crippen molar-refractivity contribution in [3.8, 4) is 0 Å². The molecule has 2 aromatic rings. The molecule has 2 rings (SSSR count). The molecule has 17 heavy (non-hydrogen) atoms. The minimum atomic E-state index is 0.0137. The fourth-order valence-corrected chi connectivity index (χ4v) is 2.08. The highest BCUT2D eigenvalue weighted by Crippen LogP contribution is 2.24. The summed E-state index contributed by atoms with van der Waals surface area (Å²) in [5.74, 6) is 0.810. The van der Waals surface area contributed by atoms with Gasteiger partial charge >= 0.3 is 0 Å². The molecule has 0 aromatic carbocycles. The summed E-state index contributed by atoms with van der Waals surface area (Å²) >= 11 is 1.48. The number of nitrogens with zero attached hydrogens (tertiary/aromatic N) is 3. The molecule has 1 unspecified atom stereocenters. The Kier molecular flexibility index (Phi) is 3.75. The van der Waals surface area contributed by atoms with Crippen LogP contribution in [0.3, 0.4) is 0 Å². The number of nitrogens with two attached hydrogens (primary N) is 1. The summed E-state index contributed by atoms with van der Waals surface area (Å²) in [4.78, 5) is 9.57. The molecule has 2 heterocycles. The van der Waals surface area contributed by atoms with Crippen LogP contribution in [0.5, 0.6) is 0 Å². The lowest BCUT2D eigenvalue weighted by Crippen LogP contribution is -2.10. The van der Waals surface area contributed by atoms with E-state index in [-0.39, 0.29) is 6.04 Å². The zero-order valence-corrected chi connectivity index (χ0v) is 10.7. The molecule has 0 aliphatic heterocycles. The molecule has 0 spiro atoms. The number of hydrogen-bond acceptors (Lipinski definition) is 5. The maximum absolute atomic E-state index is 5.90. The summed E-state index contributed by atoms with van der Waals surface area (Å²) in [6.07, 6.45) is 2.70. The average Bonchev–Trinajstić information content (AvgIpc) is 2.75. The average molecular weight is 249 g/mol. The monoisotopic (exact) mass is 249 g/mol. The van der Waals surface area contributed by atoms with Crippen LogP contribution in [-0.2, 0) is 0 Å². The SMILES string of the molecule is CCC(N)c1ccc(Sc2n[nH]c(C)n2)cn1. The van der Waals surface area contributed by atoms with Crippen LogP contribution in [0.15, 0.2) is 28.4 Å². The predicted molar refractivity (Wildman–Crippen MR) is 66.7 cm³/mol. The molecule has 0 aliphatic carbocycles. The van der Waals surface area contributed by atoms with E-state index in [0.29, 0.717) is 5.16 Å². The van der Waals surface area contributed by atoms with Gasteiger partial charge < -0.3 is 5.73 Å². The minimum absolute atomic E-state index is 0.0137. The van der Waals surface area contributed by atoms with Crippen LogP contribution < -0.4 is 5.73 Å². The second-order valence-electron chi connectivity index (χ2n) is 3.74. The first kappa shape index (κ1) is 12.1. The Labute approximate surface area is 104 Å². The molecule has 0 fully saturated rings. The van der Waals surface area contributed by atoms with Crippen molar-refractivity contribution >= 4 is 11.8 Å². The molecule has 0 amide bonds. The molecule has 5 nitrogen and oxygen atoms in total. The van der Waals surface area contributed by atoms with Gasteiger partial charge in [0.15, 0.2) is 0 Å². The lowest BCUT2D eigenvalue weighted by molar-refractivity contribution is 0.674. The van der Waals surface area contributed by atoms with Crippen LogP contribution in [0.4, 0.5) is 0 Å². The van der Waals surface area contributed by atoms with E-state index in [1.54, 1.807) is 6.20 Å². The van der Waals surface area contributed by atoms with Crippen LogP contribution in [0, 0.1) is 6.92 Å². The molecule has 0 radical (unpaired) electrons. The quantitative estimate of drug-likeness (QED) is 0.867. The van der Waals surface area contributed by atoms with Gasteiger partial charge in [0.1, 0.15) is 5.82 Å². The van der Waals surface area contributed by atoms with E-state index in [4.69, 9.17) is 5.73 Å². The minimum Gasteiger partial charge on any atom is -0.323 e. The Morgan fingerprint density at radius 3 is 2.82 bits per heavy atom. The predicted octanol–water partition coefficient (Wildman–Crippen LogP) is 2.07. The molecule has 3 N–H and O–H groups in total. The van der Waals surface area contributed by atoms with Gasteiger partial charge in [-0.1, -0.05) is 6.92 Å². The van der Waals surface area contributed by atoms with E-state index in [9.17, 15) is 0 Å². The Bertz CT molecular complexity index is 479. The van der Waals surface area contributed by atoms with E-state index >= 15 is 0 Å². The number of hydrogen-bond donors (Lipinski definition) is 2. The lowest BCUT2D eigenvalue weighted by Gasteiger charge is -2.07. The van der Waals surface area contributed by atoms with Crippen LogP contribution in [-0.4, -0.2) is 20.2 Å². The molecule has 90 valence electrons. The number of aryl methyl sites for hydroxylation is 1. The second kappa shape index (κ2) is 5.29. The molecule has 0 saturated carbocycles. The molecule has 2 aromatic heterocycles. The lowest BCUT2D eigenvalue weighted by atomic mass is 10.1. The Morgan fingerprint density at radius 1 is 1.47 bits per heavy atom. The maximum atomic E-state index is 5.90. The first-order chi connectivity index (χ1) is 8.19. The highest BCUT2D eigenvalue weighted by Gasteiger charge is 2.06. The van der Waals surface area contributed by atoms with Gasteiger partial charge in [-0.05, 0) is 37.2 Å². The highest BCUT2D eigenvalue weighted by molar-refractivity contribution is 7.99. The summed E-state index contributed by atoms with van der Waals surface area (Å²) in [5, 5.41) is 7.57. The highest BCUT2D eigenvalue weighted by atomic mass is 32.2. The first-order valence-electron chi connectivity index (χ1n) is 5.47. The Hall–Kier alpha value is -1.40. The number of pyridine rings is 1. The van der Waals surface area contributed by atoms with Gasteiger partial charge in [0, 0.05) is 17.1 Å². The Balaban J connectivity index is 2.08. The molecule has 0 aliphatic rings. The molecular weight excluding hydrogens is 234 g/mol. The van der Waals surface area contributed by atoms with E-state index < -0.39 is 0 Å². The molecule has 0 saturated heterocycles. The number of H-pyrrole nitrogens is 1. The standard InChI is InChI=1S/C11H15N5S/c1-3-9(12)10-5-4-8(6-13-10)17-11-14-7(2)15-16-11/h4-6,9H,3,12H2,1-2H3,(H,14,15,16). The van der Waals surface area contributed by atoms with Crippen molar-refractivity contribution in [1.29, 1.82) is 0 Å². The first-order valence-corrected chi connectivity index (χ1v) is 6.29. The van der Waals surface area contributed by atoms with Gasteiger partial charge in [-0.25, -0.2) is 4.98 Å². The third-order valence-electron chi connectivity index (χ3n) is 2.36. The van der Waals surface area contributed by atoms with Crippen molar-refractivity contribution in [2.24, 2.45) is 5.73 Å². The molecular formula is C11H15N5S. The van der Waals surface area contributed by atoms with Crippen molar-refractivity contribution in [2.75, 3.05) is 0 Å². The van der Waals surface area contributed by atoms with Crippen molar-refractivity contribution in [2.45, 2.75) is 36.4 Å². The second-order valence-corrected chi connectivity index (χ2v) is 4.78. The summed E-state index contributed by atoms with van der Waals surface area (Å²) < 4.78 is 0. The van der Waals surface area contributed by atoms with E-state index in [1.807, 2.05) is 26.0 Å². The van der Waals surface area contributed by atoms with Gasteiger partial charge in [-0.3, -0.25) is 10.1 Å². The van der Waals surface area contributed by atoms with Crippen LogP contribution in [0.2, 0.25) is 0 Å².